The van der Waals surface area contributed by atoms with Crippen LogP contribution in [0.4, 0.5) is 0 Å². The standard InChI is InChI=1S/C32H48O4/c1-9-36-26(35)28(4)18-21-20-10-11-23-30(6)14-13-24(33)27(2,3)22(30)12-15-32(23,8)31(20,7)17-16-29(21,5)25(34)19-28/h10-11,21-22,24,33H,9,12-19H2,1-8H3/t21-,22-,24-,28-,29+,30-,31+,32+/m0/s1. The number of carbonyl (C=O) groups excluding carboxylic acids is 2. The molecule has 200 valence electrons. The molecule has 5 aliphatic rings. The molecule has 4 heteroatoms. The van der Waals surface area contributed by atoms with Crippen LogP contribution >= 0.6 is 0 Å². The molecule has 4 fully saturated rings. The number of carbonyl (C=O) groups is 2. The number of hydrogen-bond donors (Lipinski definition) is 1. The molecule has 0 saturated heterocycles. The van der Waals surface area contributed by atoms with E-state index in [0.717, 1.165) is 38.5 Å². The summed E-state index contributed by atoms with van der Waals surface area (Å²) in [5, 5.41) is 10.9. The summed E-state index contributed by atoms with van der Waals surface area (Å²) < 4.78 is 5.47. The lowest BCUT2D eigenvalue weighted by atomic mass is 9.36. The quantitative estimate of drug-likeness (QED) is 0.427. The smallest absolute Gasteiger partial charge is 0.312 e. The number of esters is 1. The van der Waals surface area contributed by atoms with Gasteiger partial charge in [0, 0.05) is 11.8 Å². The van der Waals surface area contributed by atoms with Crippen LogP contribution in [0.2, 0.25) is 0 Å². The van der Waals surface area contributed by atoms with Crippen molar-refractivity contribution in [3.8, 4) is 0 Å². The Morgan fingerprint density at radius 3 is 2.31 bits per heavy atom. The Morgan fingerprint density at radius 1 is 0.944 bits per heavy atom. The lowest BCUT2D eigenvalue weighted by molar-refractivity contribution is -0.167. The third kappa shape index (κ3) is 3.09. The summed E-state index contributed by atoms with van der Waals surface area (Å²) in [6.45, 7) is 18.2. The van der Waals surface area contributed by atoms with Crippen molar-refractivity contribution < 1.29 is 19.4 Å². The molecule has 4 saturated carbocycles. The summed E-state index contributed by atoms with van der Waals surface area (Å²) in [6.07, 6.45) is 11.5. The Bertz CT molecular complexity index is 1050. The fraction of sp³-hybridized carbons (Fsp3) is 0.812. The highest BCUT2D eigenvalue weighted by atomic mass is 16.5. The maximum Gasteiger partial charge on any atom is 0.312 e. The van der Waals surface area contributed by atoms with Crippen LogP contribution in [0.25, 0.3) is 0 Å². The van der Waals surface area contributed by atoms with Crippen LogP contribution < -0.4 is 0 Å². The van der Waals surface area contributed by atoms with Crippen LogP contribution in [0, 0.1) is 44.3 Å². The topological polar surface area (TPSA) is 63.6 Å². The summed E-state index contributed by atoms with van der Waals surface area (Å²) in [5.41, 5.74) is 1.75. The minimum Gasteiger partial charge on any atom is -0.466 e. The van der Waals surface area contributed by atoms with E-state index in [0.29, 0.717) is 25.4 Å². The molecule has 8 atom stereocenters. The van der Waals surface area contributed by atoms with Crippen LogP contribution in [-0.2, 0) is 14.3 Å². The average Bonchev–Trinajstić information content (AvgIpc) is 2.79. The van der Waals surface area contributed by atoms with Gasteiger partial charge in [0.1, 0.15) is 5.78 Å². The molecule has 0 aromatic carbocycles. The SMILES string of the molecule is CCOC(=O)[C@]1(C)CC(=O)[C@]2(C)CC[C@]3(C)C(=CC=C4[C@@]5(C)CC[C@H](O)C(C)(C)[C@@H]5CC[C@]43C)[C@@H]2C1. The zero-order valence-electron chi connectivity index (χ0n) is 23.9. The highest BCUT2D eigenvalue weighted by Gasteiger charge is 2.67. The van der Waals surface area contributed by atoms with Gasteiger partial charge in [-0.2, -0.15) is 0 Å². The number of Topliss-reactive ketones (excluding diaryl/α,β-unsaturated/α-hetero) is 1. The average molecular weight is 497 g/mol. The molecule has 0 unspecified atom stereocenters. The predicted octanol–water partition coefficient (Wildman–Crippen LogP) is 6.81. The fourth-order valence-electron chi connectivity index (χ4n) is 10.0. The number of fused-ring (bicyclic) bond motifs is 7. The van der Waals surface area contributed by atoms with E-state index in [1.807, 2.05) is 13.8 Å². The van der Waals surface area contributed by atoms with Gasteiger partial charge < -0.3 is 9.84 Å². The molecule has 5 aliphatic carbocycles. The van der Waals surface area contributed by atoms with E-state index in [2.05, 4.69) is 53.7 Å². The second-order valence-electron chi connectivity index (χ2n) is 14.8. The van der Waals surface area contributed by atoms with Gasteiger partial charge in [0.2, 0.25) is 0 Å². The van der Waals surface area contributed by atoms with Crippen LogP contribution in [0.3, 0.4) is 0 Å². The molecule has 0 aliphatic heterocycles. The van der Waals surface area contributed by atoms with Crippen LogP contribution in [0.5, 0.6) is 0 Å². The Labute approximate surface area is 218 Å². The summed E-state index contributed by atoms with van der Waals surface area (Å²) in [6, 6.07) is 0. The summed E-state index contributed by atoms with van der Waals surface area (Å²) in [5.74, 6) is 0.541. The lowest BCUT2D eigenvalue weighted by Crippen LogP contribution is -2.62. The molecule has 0 spiro atoms. The first-order valence-electron chi connectivity index (χ1n) is 14.4. The van der Waals surface area contributed by atoms with E-state index in [4.69, 9.17) is 4.74 Å². The molecular formula is C32H48O4. The van der Waals surface area contributed by atoms with Gasteiger partial charge in [-0.15, -0.1) is 0 Å². The van der Waals surface area contributed by atoms with Gasteiger partial charge in [0.25, 0.3) is 0 Å². The van der Waals surface area contributed by atoms with Gasteiger partial charge in [0.05, 0.1) is 18.1 Å². The third-order valence-electron chi connectivity index (χ3n) is 12.8. The van der Waals surface area contributed by atoms with E-state index in [9.17, 15) is 14.7 Å². The third-order valence-corrected chi connectivity index (χ3v) is 12.8. The maximum atomic E-state index is 13.7. The molecule has 0 aromatic rings. The van der Waals surface area contributed by atoms with Gasteiger partial charge in [-0.3, -0.25) is 9.59 Å². The van der Waals surface area contributed by atoms with Crippen LogP contribution in [0.15, 0.2) is 23.3 Å². The summed E-state index contributed by atoms with van der Waals surface area (Å²) >= 11 is 0. The van der Waals surface area contributed by atoms with Crippen LogP contribution in [0.1, 0.15) is 107 Å². The van der Waals surface area contributed by atoms with Crippen molar-refractivity contribution in [1.29, 1.82) is 0 Å². The number of aliphatic hydroxyl groups is 1. The second kappa shape index (κ2) is 7.80. The Morgan fingerprint density at radius 2 is 1.64 bits per heavy atom. The summed E-state index contributed by atoms with van der Waals surface area (Å²) in [7, 11) is 0. The molecule has 0 heterocycles. The fourth-order valence-corrected chi connectivity index (χ4v) is 10.0. The first-order chi connectivity index (χ1) is 16.6. The van der Waals surface area contributed by atoms with Gasteiger partial charge in [-0.1, -0.05) is 64.8 Å². The van der Waals surface area contributed by atoms with E-state index in [1.54, 1.807) is 5.57 Å². The van der Waals surface area contributed by atoms with Crippen molar-refractivity contribution in [3.05, 3.63) is 23.3 Å². The molecule has 0 radical (unpaired) electrons. The second-order valence-corrected chi connectivity index (χ2v) is 14.8. The Hall–Kier alpha value is -1.42. The van der Waals surface area contributed by atoms with Crippen LogP contribution in [-0.4, -0.2) is 29.6 Å². The van der Waals surface area contributed by atoms with Gasteiger partial charge in [-0.25, -0.2) is 0 Å². The number of rotatable bonds is 2. The monoisotopic (exact) mass is 496 g/mol. The number of ketones is 1. The summed E-state index contributed by atoms with van der Waals surface area (Å²) in [4.78, 5) is 26.7. The molecule has 0 amide bonds. The molecule has 0 bridgehead atoms. The predicted molar refractivity (Wildman–Crippen MR) is 142 cm³/mol. The molecule has 4 nitrogen and oxygen atoms in total. The van der Waals surface area contributed by atoms with E-state index in [1.165, 1.54) is 5.57 Å². The lowest BCUT2D eigenvalue weighted by Gasteiger charge is -2.68. The van der Waals surface area contributed by atoms with Crippen molar-refractivity contribution >= 4 is 11.8 Å². The highest BCUT2D eigenvalue weighted by molar-refractivity contribution is 5.92. The minimum absolute atomic E-state index is 0.0167. The largest absolute Gasteiger partial charge is 0.466 e. The van der Waals surface area contributed by atoms with Gasteiger partial charge >= 0.3 is 5.97 Å². The first kappa shape index (κ1) is 26.2. The molecule has 0 aromatic heterocycles. The zero-order valence-corrected chi connectivity index (χ0v) is 23.9. The van der Waals surface area contributed by atoms with Gasteiger partial charge in [-0.05, 0) is 92.3 Å². The maximum absolute atomic E-state index is 13.7. The molecular weight excluding hydrogens is 448 g/mol. The number of aliphatic hydroxyl groups excluding tert-OH is 1. The number of hydrogen-bond acceptors (Lipinski definition) is 4. The Balaban J connectivity index is 1.61. The first-order valence-corrected chi connectivity index (χ1v) is 14.4. The zero-order chi connectivity index (χ0) is 26.5. The minimum atomic E-state index is -0.756. The van der Waals surface area contributed by atoms with Gasteiger partial charge in [0.15, 0.2) is 0 Å². The van der Waals surface area contributed by atoms with Crippen molar-refractivity contribution in [2.45, 2.75) is 113 Å². The Kier molecular flexibility index (Phi) is 5.68. The highest BCUT2D eigenvalue weighted by Crippen LogP contribution is 2.74. The van der Waals surface area contributed by atoms with E-state index in [-0.39, 0.29) is 45.4 Å². The van der Waals surface area contributed by atoms with E-state index >= 15 is 0 Å². The normalized spacial score (nSPS) is 49.5. The van der Waals surface area contributed by atoms with Crippen molar-refractivity contribution in [2.75, 3.05) is 6.61 Å². The molecule has 1 N–H and O–H groups in total. The van der Waals surface area contributed by atoms with Crippen molar-refractivity contribution in [3.63, 3.8) is 0 Å². The molecule has 36 heavy (non-hydrogen) atoms. The van der Waals surface area contributed by atoms with Crippen molar-refractivity contribution in [2.24, 2.45) is 44.3 Å². The van der Waals surface area contributed by atoms with Crippen molar-refractivity contribution in [1.82, 2.24) is 0 Å². The number of ether oxygens (including phenoxy) is 1. The molecule has 5 rings (SSSR count). The van der Waals surface area contributed by atoms with E-state index < -0.39 is 10.8 Å². The number of allylic oxidation sites excluding steroid dienone is 4.